The molecule has 0 atom stereocenters. The molecule has 2 aromatic rings. The first-order chi connectivity index (χ1) is 10.1. The van der Waals surface area contributed by atoms with Gasteiger partial charge in [0.15, 0.2) is 5.84 Å². The molecule has 6 nitrogen and oxygen atoms in total. The van der Waals surface area contributed by atoms with E-state index in [0.29, 0.717) is 18.0 Å². The third-order valence-corrected chi connectivity index (χ3v) is 3.29. The highest BCUT2D eigenvalue weighted by Gasteiger charge is 2.12. The van der Waals surface area contributed by atoms with Gasteiger partial charge in [-0.3, -0.25) is 0 Å². The van der Waals surface area contributed by atoms with Crippen molar-refractivity contribution >= 4 is 5.84 Å². The second-order valence-electron chi connectivity index (χ2n) is 5.08. The molecule has 3 N–H and O–H groups in total. The Morgan fingerprint density at radius 2 is 2.24 bits per heavy atom. The Morgan fingerprint density at radius 3 is 2.86 bits per heavy atom. The molecule has 1 heterocycles. The highest BCUT2D eigenvalue weighted by Crippen LogP contribution is 2.23. The number of aromatic nitrogens is 2. The molecule has 0 aliphatic carbocycles. The summed E-state index contributed by atoms with van der Waals surface area (Å²) in [6.07, 6.45) is 3.72. The number of nitrogens with two attached hydrogens (primary N) is 1. The van der Waals surface area contributed by atoms with Gasteiger partial charge in [0.2, 0.25) is 0 Å². The fourth-order valence-corrected chi connectivity index (χ4v) is 2.26. The number of hydrogen-bond acceptors (Lipinski definition) is 4. The molecule has 0 unspecified atom stereocenters. The van der Waals surface area contributed by atoms with Crippen LogP contribution >= 0.6 is 0 Å². The molecule has 0 amide bonds. The monoisotopic (exact) mass is 288 g/mol. The molecule has 0 spiro atoms. The standard InChI is InChI=1S/C15H20N4O2/c1-10(2)15-17-6-7-19(15)9-12-8-11(14(16)18-20)4-5-13(12)21-3/h4-8,10,20H,9H2,1-3H3,(H2,16,18). The molecule has 0 saturated carbocycles. The quantitative estimate of drug-likeness (QED) is 0.382. The molecule has 1 aromatic carbocycles. The van der Waals surface area contributed by atoms with Crippen LogP contribution in [0.5, 0.6) is 5.75 Å². The first kappa shape index (κ1) is 14.9. The van der Waals surface area contributed by atoms with Crippen molar-refractivity contribution in [1.29, 1.82) is 0 Å². The van der Waals surface area contributed by atoms with Gasteiger partial charge in [0.25, 0.3) is 0 Å². The maximum absolute atomic E-state index is 8.80. The lowest BCUT2D eigenvalue weighted by molar-refractivity contribution is 0.318. The lowest BCUT2D eigenvalue weighted by atomic mass is 10.1. The van der Waals surface area contributed by atoms with Crippen LogP contribution in [0.2, 0.25) is 0 Å². The summed E-state index contributed by atoms with van der Waals surface area (Å²) in [5.74, 6) is 2.17. The summed E-state index contributed by atoms with van der Waals surface area (Å²) in [5.41, 5.74) is 7.24. The predicted molar refractivity (Wildman–Crippen MR) is 80.9 cm³/mol. The fraction of sp³-hybridized carbons (Fsp3) is 0.333. The fourth-order valence-electron chi connectivity index (χ4n) is 2.26. The number of rotatable bonds is 5. The van der Waals surface area contributed by atoms with E-state index in [-0.39, 0.29) is 5.84 Å². The summed E-state index contributed by atoms with van der Waals surface area (Å²) in [4.78, 5) is 4.37. The number of methoxy groups -OCH3 is 1. The minimum absolute atomic E-state index is 0.0774. The smallest absolute Gasteiger partial charge is 0.170 e. The van der Waals surface area contributed by atoms with Crippen molar-refractivity contribution in [3.63, 3.8) is 0 Å². The third-order valence-electron chi connectivity index (χ3n) is 3.29. The van der Waals surface area contributed by atoms with Gasteiger partial charge < -0.3 is 20.2 Å². The van der Waals surface area contributed by atoms with Gasteiger partial charge in [-0.05, 0) is 18.2 Å². The molecular weight excluding hydrogens is 268 g/mol. The lowest BCUT2D eigenvalue weighted by Gasteiger charge is -2.14. The summed E-state index contributed by atoms with van der Waals surface area (Å²) in [7, 11) is 1.62. The van der Waals surface area contributed by atoms with Gasteiger partial charge >= 0.3 is 0 Å². The molecule has 0 bridgehead atoms. The van der Waals surface area contributed by atoms with Crippen molar-refractivity contribution in [3.8, 4) is 5.75 Å². The second kappa shape index (κ2) is 6.30. The minimum atomic E-state index is 0.0774. The van der Waals surface area contributed by atoms with E-state index in [0.717, 1.165) is 17.1 Å². The maximum Gasteiger partial charge on any atom is 0.170 e. The van der Waals surface area contributed by atoms with Crippen molar-refractivity contribution in [2.24, 2.45) is 10.9 Å². The van der Waals surface area contributed by atoms with Crippen LogP contribution in [0, 0.1) is 0 Å². The van der Waals surface area contributed by atoms with Gasteiger partial charge in [0, 0.05) is 29.4 Å². The Morgan fingerprint density at radius 1 is 1.48 bits per heavy atom. The molecule has 21 heavy (non-hydrogen) atoms. The number of oxime groups is 1. The Balaban J connectivity index is 2.40. The number of imidazole rings is 1. The largest absolute Gasteiger partial charge is 0.496 e. The highest BCUT2D eigenvalue weighted by atomic mass is 16.5. The highest BCUT2D eigenvalue weighted by molar-refractivity contribution is 5.97. The summed E-state index contributed by atoms with van der Waals surface area (Å²) in [6.45, 7) is 4.81. The molecule has 0 saturated heterocycles. The first-order valence-corrected chi connectivity index (χ1v) is 6.72. The average molecular weight is 288 g/mol. The summed E-state index contributed by atoms with van der Waals surface area (Å²) in [5, 5.41) is 11.8. The van der Waals surface area contributed by atoms with Gasteiger partial charge in [-0.15, -0.1) is 0 Å². The van der Waals surface area contributed by atoms with Crippen LogP contribution in [0.4, 0.5) is 0 Å². The number of benzene rings is 1. The zero-order valence-electron chi connectivity index (χ0n) is 12.4. The van der Waals surface area contributed by atoms with Crippen molar-refractivity contribution in [1.82, 2.24) is 9.55 Å². The van der Waals surface area contributed by atoms with Crippen LogP contribution in [-0.4, -0.2) is 27.7 Å². The summed E-state index contributed by atoms with van der Waals surface area (Å²) >= 11 is 0. The normalized spacial score (nSPS) is 11.9. The number of amidine groups is 1. The second-order valence-corrected chi connectivity index (χ2v) is 5.08. The van der Waals surface area contributed by atoms with Crippen molar-refractivity contribution in [3.05, 3.63) is 47.5 Å². The number of hydrogen-bond donors (Lipinski definition) is 2. The van der Waals surface area contributed by atoms with E-state index in [4.69, 9.17) is 15.7 Å². The molecule has 0 aliphatic heterocycles. The number of ether oxygens (including phenoxy) is 1. The zero-order chi connectivity index (χ0) is 15.4. The molecule has 2 rings (SSSR count). The summed E-state index contributed by atoms with van der Waals surface area (Å²) in [6, 6.07) is 5.43. The van der Waals surface area contributed by atoms with Gasteiger partial charge in [0.1, 0.15) is 11.6 Å². The molecule has 0 fully saturated rings. The minimum Gasteiger partial charge on any atom is -0.496 e. The van der Waals surface area contributed by atoms with Gasteiger partial charge in [-0.25, -0.2) is 4.98 Å². The Kier molecular flexibility index (Phi) is 4.47. The van der Waals surface area contributed by atoms with Crippen LogP contribution in [0.15, 0.2) is 35.7 Å². The van der Waals surface area contributed by atoms with Crippen LogP contribution in [0.25, 0.3) is 0 Å². The molecular formula is C15H20N4O2. The Labute approximate surface area is 123 Å². The topological polar surface area (TPSA) is 85.7 Å². The Bertz CT molecular complexity index is 647. The predicted octanol–water partition coefficient (Wildman–Crippen LogP) is 2.16. The molecule has 0 aliphatic rings. The SMILES string of the molecule is COc1ccc(/C(N)=N/O)cc1Cn1ccnc1C(C)C. The Hall–Kier alpha value is -2.50. The molecule has 1 aromatic heterocycles. The van der Waals surface area contributed by atoms with Gasteiger partial charge in [-0.1, -0.05) is 19.0 Å². The third kappa shape index (κ3) is 3.16. The van der Waals surface area contributed by atoms with Crippen LogP contribution in [-0.2, 0) is 6.54 Å². The molecule has 0 radical (unpaired) electrons. The van der Waals surface area contributed by atoms with E-state index in [9.17, 15) is 0 Å². The van der Waals surface area contributed by atoms with E-state index in [2.05, 4.69) is 28.6 Å². The van der Waals surface area contributed by atoms with Crippen LogP contribution in [0.1, 0.15) is 36.7 Å². The zero-order valence-corrected chi connectivity index (χ0v) is 12.4. The van der Waals surface area contributed by atoms with E-state index in [1.165, 1.54) is 0 Å². The number of nitrogens with zero attached hydrogens (tertiary/aromatic N) is 3. The van der Waals surface area contributed by atoms with Gasteiger partial charge in [-0.2, -0.15) is 0 Å². The van der Waals surface area contributed by atoms with E-state index in [1.807, 2.05) is 18.3 Å². The average Bonchev–Trinajstić information content (AvgIpc) is 2.94. The van der Waals surface area contributed by atoms with Crippen LogP contribution in [0.3, 0.4) is 0 Å². The van der Waals surface area contributed by atoms with Crippen molar-refractivity contribution < 1.29 is 9.94 Å². The molecule has 112 valence electrons. The van der Waals surface area contributed by atoms with Crippen LogP contribution < -0.4 is 10.5 Å². The van der Waals surface area contributed by atoms with E-state index >= 15 is 0 Å². The van der Waals surface area contributed by atoms with Crippen molar-refractivity contribution in [2.75, 3.05) is 7.11 Å². The lowest BCUT2D eigenvalue weighted by Crippen LogP contribution is -2.14. The maximum atomic E-state index is 8.80. The van der Waals surface area contributed by atoms with E-state index < -0.39 is 0 Å². The van der Waals surface area contributed by atoms with Crippen molar-refractivity contribution in [2.45, 2.75) is 26.3 Å². The summed E-state index contributed by atoms with van der Waals surface area (Å²) < 4.78 is 7.45. The molecule has 6 heteroatoms. The van der Waals surface area contributed by atoms with E-state index in [1.54, 1.807) is 19.4 Å². The first-order valence-electron chi connectivity index (χ1n) is 6.72. The van der Waals surface area contributed by atoms with Gasteiger partial charge in [0.05, 0.1) is 13.7 Å².